The number of carbonyl (C=O) groups is 1. The molecule has 3 saturated heterocycles. The predicted molar refractivity (Wildman–Crippen MR) is 125 cm³/mol. The van der Waals surface area contributed by atoms with Gasteiger partial charge in [0, 0.05) is 39.3 Å². The zero-order valence-electron chi connectivity index (χ0n) is 19.9. The van der Waals surface area contributed by atoms with E-state index in [1.807, 2.05) is 0 Å². The molecule has 3 fully saturated rings. The monoisotopic (exact) mass is 536 g/mol. The number of piperidine rings is 1. The largest absolute Gasteiger partial charge is 0.461 e. The molecule has 36 heavy (non-hydrogen) atoms. The summed E-state index contributed by atoms with van der Waals surface area (Å²) in [5, 5.41) is 0. The Bertz CT molecular complexity index is 843. The zero-order chi connectivity index (χ0) is 25.6. The Morgan fingerprint density at radius 3 is 2.39 bits per heavy atom. The van der Waals surface area contributed by atoms with Gasteiger partial charge in [-0.2, -0.15) is 17.6 Å². The van der Waals surface area contributed by atoms with Gasteiger partial charge in [-0.15, -0.1) is 0 Å². The Morgan fingerprint density at radius 2 is 1.78 bits per heavy atom. The summed E-state index contributed by atoms with van der Waals surface area (Å²) in [5.41, 5.74) is 3.57. The maximum Gasteiger partial charge on any atom is 0.461 e. The van der Waals surface area contributed by atoms with Gasteiger partial charge in [0.1, 0.15) is 10.5 Å². The molecule has 1 aromatic carbocycles. The minimum Gasteiger partial charge on any atom is -0.428 e. The van der Waals surface area contributed by atoms with Crippen molar-refractivity contribution < 1.29 is 41.4 Å². The molecule has 7 nitrogen and oxygen atoms in total. The summed E-state index contributed by atoms with van der Waals surface area (Å²) >= 11 is 1.54. The van der Waals surface area contributed by atoms with E-state index in [-0.39, 0.29) is 17.6 Å². The fourth-order valence-electron chi connectivity index (χ4n) is 4.61. The molecule has 3 heterocycles. The maximum absolute atomic E-state index is 13.2. The highest BCUT2D eigenvalue weighted by atomic mass is 32.2. The Hall–Kier alpha value is -1.60. The van der Waals surface area contributed by atoms with Gasteiger partial charge in [0.25, 0.3) is 5.91 Å². The number of nitrogens with zero attached hydrogens (tertiary/aromatic N) is 1. The van der Waals surface area contributed by atoms with E-state index in [4.69, 9.17) is 14.3 Å². The predicted octanol–water partition coefficient (Wildman–Crippen LogP) is 4.87. The Kier molecular flexibility index (Phi) is 9.37. The lowest BCUT2D eigenvalue weighted by Gasteiger charge is -2.41. The minimum absolute atomic E-state index is 0.178. The van der Waals surface area contributed by atoms with Gasteiger partial charge in [-0.25, -0.2) is 14.6 Å². The number of benzene rings is 1. The lowest BCUT2D eigenvalue weighted by molar-refractivity contribution is -0.253. The molecule has 1 N–H and O–H groups in total. The van der Waals surface area contributed by atoms with Crippen molar-refractivity contribution in [3.8, 4) is 5.75 Å². The molecule has 202 valence electrons. The Morgan fingerprint density at radius 1 is 1.08 bits per heavy atom. The van der Waals surface area contributed by atoms with Crippen molar-refractivity contribution in [3.05, 3.63) is 29.8 Å². The van der Waals surface area contributed by atoms with E-state index in [1.165, 1.54) is 24.1 Å². The summed E-state index contributed by atoms with van der Waals surface area (Å²) in [6.07, 6.45) is -3.34. The summed E-state index contributed by atoms with van der Waals surface area (Å²) in [6, 6.07) is 5.87. The van der Waals surface area contributed by atoms with Gasteiger partial charge in [-0.05, 0) is 62.1 Å². The van der Waals surface area contributed by atoms with Crippen molar-refractivity contribution >= 4 is 17.9 Å². The number of alkyl halides is 4. The molecule has 1 amide bonds. The van der Waals surface area contributed by atoms with Crippen molar-refractivity contribution in [2.24, 2.45) is 0 Å². The molecule has 0 radical (unpaired) electrons. The average Bonchev–Trinajstić information content (AvgIpc) is 2.89. The van der Waals surface area contributed by atoms with Gasteiger partial charge < -0.3 is 14.2 Å². The van der Waals surface area contributed by atoms with E-state index in [0.29, 0.717) is 32.7 Å². The average molecular weight is 537 g/mol. The summed E-state index contributed by atoms with van der Waals surface area (Å²) in [7, 11) is 0. The topological polar surface area (TPSA) is 69.3 Å². The second-order valence-electron chi connectivity index (χ2n) is 9.28. The molecule has 4 rings (SSSR count). The normalized spacial score (nSPS) is 24.0. The Balaban J connectivity index is 1.29. The lowest BCUT2D eigenvalue weighted by atomic mass is 9.90. The first kappa shape index (κ1) is 27.4. The van der Waals surface area contributed by atoms with Gasteiger partial charge >= 0.3 is 12.5 Å². The molecule has 3 aliphatic rings. The number of nitrogens with one attached hydrogen (secondary N) is 1. The van der Waals surface area contributed by atoms with E-state index in [1.54, 1.807) is 12.1 Å². The number of carbonyl (C=O) groups excluding carboxylic acids is 1. The van der Waals surface area contributed by atoms with E-state index in [9.17, 15) is 22.4 Å². The number of ether oxygens (including phenoxy) is 3. The molecular weight excluding hydrogens is 504 g/mol. The summed E-state index contributed by atoms with van der Waals surface area (Å²) < 4.78 is 67.6. The highest BCUT2D eigenvalue weighted by Crippen LogP contribution is 2.41. The first-order valence-corrected chi connectivity index (χ1v) is 13.1. The van der Waals surface area contributed by atoms with E-state index < -0.39 is 23.6 Å². The molecule has 1 unspecified atom stereocenters. The van der Waals surface area contributed by atoms with Crippen LogP contribution in [-0.2, 0) is 19.1 Å². The van der Waals surface area contributed by atoms with Crippen molar-refractivity contribution in [2.45, 2.75) is 74.4 Å². The third-order valence-electron chi connectivity index (χ3n) is 6.75. The number of hydroxylamine groups is 1. The summed E-state index contributed by atoms with van der Waals surface area (Å²) in [5.74, 6) is -0.286. The quantitative estimate of drug-likeness (QED) is 0.274. The second-order valence-corrected chi connectivity index (χ2v) is 10.8. The first-order valence-electron chi connectivity index (χ1n) is 12.3. The Labute approximate surface area is 212 Å². The smallest absolute Gasteiger partial charge is 0.428 e. The van der Waals surface area contributed by atoms with Crippen molar-refractivity contribution in [3.63, 3.8) is 0 Å². The fourth-order valence-corrected chi connectivity index (χ4v) is 5.98. The molecule has 0 bridgehead atoms. The number of hydrogen-bond donors (Lipinski definition) is 1. The van der Waals surface area contributed by atoms with Gasteiger partial charge in [0.05, 0.1) is 0 Å². The van der Waals surface area contributed by atoms with Crippen molar-refractivity contribution in [1.82, 2.24) is 9.79 Å². The minimum atomic E-state index is -4.52. The molecule has 3 aliphatic heterocycles. The van der Waals surface area contributed by atoms with Gasteiger partial charge in [0.15, 0.2) is 6.29 Å². The van der Waals surface area contributed by atoms with Crippen LogP contribution < -0.4 is 10.2 Å². The van der Waals surface area contributed by atoms with Crippen LogP contribution in [0.2, 0.25) is 0 Å². The van der Waals surface area contributed by atoms with Gasteiger partial charge in [-0.3, -0.25) is 4.79 Å². The van der Waals surface area contributed by atoms with E-state index in [0.717, 1.165) is 50.8 Å². The van der Waals surface area contributed by atoms with Crippen LogP contribution >= 0.6 is 11.9 Å². The van der Waals surface area contributed by atoms with Crippen LogP contribution in [0.25, 0.3) is 0 Å². The lowest BCUT2D eigenvalue weighted by Crippen LogP contribution is -2.51. The maximum atomic E-state index is 13.2. The third kappa shape index (κ3) is 7.03. The summed E-state index contributed by atoms with van der Waals surface area (Å²) in [4.78, 5) is 18.7. The molecule has 0 saturated carbocycles. The van der Waals surface area contributed by atoms with Crippen LogP contribution in [0.1, 0.15) is 56.4 Å². The molecular formula is C24H32F4N2O5S. The van der Waals surface area contributed by atoms with Gasteiger partial charge in [-0.1, -0.05) is 24.1 Å². The highest BCUT2D eigenvalue weighted by molar-refractivity contribution is 7.99. The number of rotatable bonds is 9. The van der Waals surface area contributed by atoms with Crippen LogP contribution in [0, 0.1) is 0 Å². The SMILES string of the molecule is O=C(NOC1CCCCO1)C1(SN2CCC(c3ccc(OC(F)(F)C(F)F)cc3)CC2)CCOCC1. The number of amides is 1. The van der Waals surface area contributed by atoms with E-state index >= 15 is 0 Å². The molecule has 0 aliphatic carbocycles. The van der Waals surface area contributed by atoms with Crippen LogP contribution in [0.15, 0.2) is 24.3 Å². The van der Waals surface area contributed by atoms with Gasteiger partial charge in [0.2, 0.25) is 0 Å². The third-order valence-corrected chi connectivity index (χ3v) is 8.32. The zero-order valence-corrected chi connectivity index (χ0v) is 20.8. The first-order chi connectivity index (χ1) is 17.3. The van der Waals surface area contributed by atoms with Crippen LogP contribution in [0.4, 0.5) is 17.6 Å². The van der Waals surface area contributed by atoms with Crippen molar-refractivity contribution in [1.29, 1.82) is 0 Å². The van der Waals surface area contributed by atoms with Crippen LogP contribution in [0.5, 0.6) is 5.75 Å². The highest BCUT2D eigenvalue weighted by Gasteiger charge is 2.45. The molecule has 1 aromatic rings. The molecule has 12 heteroatoms. The number of halogens is 4. The molecule has 1 atom stereocenters. The molecule has 0 aromatic heterocycles. The van der Waals surface area contributed by atoms with Crippen molar-refractivity contribution in [2.75, 3.05) is 32.9 Å². The van der Waals surface area contributed by atoms with Crippen LogP contribution in [0.3, 0.4) is 0 Å². The number of hydrogen-bond acceptors (Lipinski definition) is 7. The van der Waals surface area contributed by atoms with Crippen LogP contribution in [-0.4, -0.2) is 66.7 Å². The standard InChI is InChI=1S/C24H32F4N2O5S/c25-21(26)24(27,28)34-19-6-4-17(5-7-19)18-8-12-30(13-9-18)36-23(10-15-32-16-11-23)22(31)29-35-20-3-1-2-14-33-20/h4-7,18,20-21H,1-3,8-16H2,(H,29,31). The fraction of sp³-hybridized carbons (Fsp3) is 0.708. The molecule has 0 spiro atoms. The summed E-state index contributed by atoms with van der Waals surface area (Å²) in [6.45, 7) is 3.09. The second kappa shape index (κ2) is 12.3. The van der Waals surface area contributed by atoms with E-state index in [2.05, 4.69) is 14.5 Å².